The molecule has 1 saturated carbocycles. The first-order valence-electron chi connectivity index (χ1n) is 33.7. The first-order chi connectivity index (χ1) is 42.7. The number of aliphatic hydroxyl groups is 4. The van der Waals surface area contributed by atoms with Crippen molar-refractivity contribution < 1.29 is 78.1 Å². The lowest BCUT2D eigenvalue weighted by Gasteiger charge is -2.46. The zero-order chi connectivity index (χ0) is 66.9. The predicted molar refractivity (Wildman–Crippen MR) is 341 cm³/mol. The molecular formula is C68H106N6O16S. The predicted octanol–water partition coefficient (Wildman–Crippen LogP) is 5.13. The van der Waals surface area contributed by atoms with Crippen LogP contribution in [0.3, 0.4) is 0 Å². The molecule has 0 aromatic heterocycles. The highest BCUT2D eigenvalue weighted by Crippen LogP contribution is 2.52. The van der Waals surface area contributed by atoms with Gasteiger partial charge in [0.05, 0.1) is 55.1 Å². The lowest BCUT2D eigenvalue weighted by molar-refractivity contribution is -0.282. The minimum Gasteiger partial charge on any atom is -0.477 e. The first kappa shape index (κ1) is 72.2. The van der Waals surface area contributed by atoms with Crippen molar-refractivity contribution in [3.05, 3.63) is 33.9 Å². The number of piperidine rings is 1. The molecule has 0 unspecified atom stereocenters. The number of cyclic esters (lactones) is 1. The van der Waals surface area contributed by atoms with E-state index in [1.807, 2.05) is 72.6 Å². The number of nitrogens with one attached hydrogen (secondary N) is 2. The van der Waals surface area contributed by atoms with Gasteiger partial charge in [0.15, 0.2) is 0 Å². The van der Waals surface area contributed by atoms with Gasteiger partial charge in [-0.05, 0) is 154 Å². The Morgan fingerprint density at radius 3 is 2.31 bits per heavy atom. The number of rotatable bonds is 15. The number of ketones is 2. The lowest BCUT2D eigenvalue weighted by Crippen LogP contribution is -2.63. The zero-order valence-corrected chi connectivity index (χ0v) is 56.9. The van der Waals surface area contributed by atoms with E-state index in [4.69, 9.17) is 14.2 Å². The van der Waals surface area contributed by atoms with Gasteiger partial charge in [0, 0.05) is 85.1 Å². The van der Waals surface area contributed by atoms with Crippen molar-refractivity contribution in [3.8, 4) is 0 Å². The second-order valence-corrected chi connectivity index (χ2v) is 30.8. The largest absolute Gasteiger partial charge is 0.477 e. The standard InChI is InChI=1S/C68H106N6O16S/c1-35-24-36(2)26-45(19-21-67(10,11)69-32-54(79)70-46-20-23-72(33-46)62(81)49-30-47(34-71(49)12)91-60-42(8)56-55(43(9)75)63(82)74(56)57(60)65(84)85)52(78)31-51(77)41(7)59(39(5)28-44-17-18-50(76)53(29-44)88-13)89-66(86)48-16-14-15-22-73(48)64(83)61(80)68(87)40(6)27-38(4)58(90-68)37(3)25-35/h26,28,35,37-38,40-51,53,55-56,58-59,69,75-77,87H,14-25,27,29-34H2,1-13H3,(H,70,79)(H,84,85)/b36-26+,39-28+/t35-,37-,38-,40+,41+,42+,43+,44-,45+,46-,47-,48-,49-,50+,51-,53+,55+,56+,58+,59+,68+/m0/s1. The Labute approximate surface area is 542 Å². The number of esters is 1. The molecule has 0 radical (unpaired) electrons. The summed E-state index contributed by atoms with van der Waals surface area (Å²) < 4.78 is 18.5. The van der Waals surface area contributed by atoms with Crippen LogP contribution >= 0.6 is 11.8 Å². The average Bonchev–Trinajstić information content (AvgIpc) is 1.58. The molecule has 5 saturated heterocycles. The van der Waals surface area contributed by atoms with Gasteiger partial charge in [-0.15, -0.1) is 11.8 Å². The van der Waals surface area contributed by atoms with Gasteiger partial charge in [-0.3, -0.25) is 33.7 Å². The van der Waals surface area contributed by atoms with Crippen molar-refractivity contribution in [1.29, 1.82) is 0 Å². The first-order valence-corrected chi connectivity index (χ1v) is 34.5. The highest BCUT2D eigenvalue weighted by atomic mass is 32.2. The van der Waals surface area contributed by atoms with Gasteiger partial charge < -0.3 is 65.1 Å². The number of carbonyl (C=O) groups is 8. The highest BCUT2D eigenvalue weighted by Gasteiger charge is 2.61. The summed E-state index contributed by atoms with van der Waals surface area (Å²) in [6.45, 7) is 22.1. The number of likely N-dealkylation sites (N-methyl/N-ethyl adjacent to an activating group) is 1. The van der Waals surface area contributed by atoms with Crippen LogP contribution in [-0.2, 0) is 52.6 Å². The zero-order valence-electron chi connectivity index (χ0n) is 56.1. The maximum atomic E-state index is 14.9. The molecule has 8 aliphatic rings. The number of carbonyl (C=O) groups excluding carboxylic acids is 7. The second kappa shape index (κ2) is 30.0. The molecule has 23 heteroatoms. The number of fused-ring (bicyclic) bond motifs is 4. The summed E-state index contributed by atoms with van der Waals surface area (Å²) >= 11 is 1.41. The van der Waals surface area contributed by atoms with Crippen LogP contribution in [0.1, 0.15) is 166 Å². The fraction of sp³-hybridized carbons (Fsp3) is 0.794. The summed E-state index contributed by atoms with van der Waals surface area (Å²) in [4.78, 5) is 119. The molecule has 22 nitrogen and oxygen atoms in total. The Balaban J connectivity index is 0.936. The number of hydrogen-bond acceptors (Lipinski definition) is 18. The van der Waals surface area contributed by atoms with E-state index in [0.717, 1.165) is 5.57 Å². The Bertz CT molecular complexity index is 2810. The number of hydrogen-bond donors (Lipinski definition) is 7. The van der Waals surface area contributed by atoms with E-state index < -0.39 is 113 Å². The number of carboxylic acids is 1. The molecule has 7 N–H and O–H groups in total. The molecule has 21 atom stereocenters. The minimum absolute atomic E-state index is 0.0311. The molecule has 7 aliphatic heterocycles. The number of methoxy groups -OCH3 is 1. The Morgan fingerprint density at radius 1 is 0.923 bits per heavy atom. The summed E-state index contributed by atoms with van der Waals surface area (Å²) in [5.74, 6) is -10.8. The summed E-state index contributed by atoms with van der Waals surface area (Å²) in [6.07, 6.45) is 5.26. The number of β-lactam (4-membered cyclic amide) rings is 1. The van der Waals surface area contributed by atoms with Crippen LogP contribution in [0.4, 0.5) is 0 Å². The lowest BCUT2D eigenvalue weighted by atomic mass is 9.76. The minimum atomic E-state index is -2.43. The monoisotopic (exact) mass is 1290 g/mol. The number of likely N-dealkylation sites (tertiary alicyclic amines) is 2. The highest BCUT2D eigenvalue weighted by molar-refractivity contribution is 8.03. The van der Waals surface area contributed by atoms with Crippen LogP contribution < -0.4 is 10.6 Å². The van der Waals surface area contributed by atoms with E-state index in [0.29, 0.717) is 107 Å². The van der Waals surface area contributed by atoms with Crippen molar-refractivity contribution in [2.45, 2.75) is 243 Å². The quantitative estimate of drug-likeness (QED) is 0.0484. The molecule has 6 fully saturated rings. The number of aliphatic carboxylic acids is 1. The SMILES string of the molecule is CO[C@@H]1C[C@H](/C=C(\C)[C@H]2OC(=O)[C@@H]3CCCCN3C(=O)C(=O)[C@]3(O)O[C@H]([C@@H](C)C[C@@H](C)C/C(C)=C/[C@@H](CCC(C)(C)NCC(=O)N[C@H]4CCN(C(=O)[C@@H]5C[C@H](SC6=C(C(=O)O)N7C(=O)[C@H]([C@@H](C)O)[C@H]7[C@H]6C)CN5C)C4)C(=O)C[C@H](O)[C@H]2C)[C@@H](C)C[C@H]3C)CC[C@H]1O. The maximum Gasteiger partial charge on any atom is 0.353 e. The second-order valence-electron chi connectivity index (χ2n) is 29.5. The number of Topliss-reactive ketones (excluding diaryl/α,β-unsaturated/α-hetero) is 2. The van der Waals surface area contributed by atoms with Gasteiger partial charge in [0.2, 0.25) is 23.5 Å². The number of amides is 4. The van der Waals surface area contributed by atoms with Gasteiger partial charge in [-0.2, -0.15) is 0 Å². The molecule has 2 bridgehead atoms. The van der Waals surface area contributed by atoms with Crippen LogP contribution in [-0.4, -0.2) is 217 Å². The van der Waals surface area contributed by atoms with E-state index >= 15 is 0 Å². The van der Waals surface area contributed by atoms with Gasteiger partial charge in [0.25, 0.3) is 11.7 Å². The molecule has 0 spiro atoms. The molecule has 4 amide bonds. The van der Waals surface area contributed by atoms with Crippen molar-refractivity contribution >= 4 is 58.9 Å². The normalized spacial score (nSPS) is 38.9. The van der Waals surface area contributed by atoms with Crippen LogP contribution in [0.25, 0.3) is 0 Å². The van der Waals surface area contributed by atoms with Crippen molar-refractivity contribution in [1.82, 2.24) is 30.2 Å². The van der Waals surface area contributed by atoms with E-state index in [1.54, 1.807) is 32.8 Å². The van der Waals surface area contributed by atoms with E-state index in [9.17, 15) is 63.9 Å². The summed E-state index contributed by atoms with van der Waals surface area (Å²) in [6, 6.07) is -2.33. The summed E-state index contributed by atoms with van der Waals surface area (Å²) in [7, 11) is 3.43. The summed E-state index contributed by atoms with van der Waals surface area (Å²) in [5, 5.41) is 62.0. The Hall–Kier alpha value is -4.59. The van der Waals surface area contributed by atoms with E-state index in [-0.39, 0.29) is 96.0 Å². The molecular weight excluding hydrogens is 1190 g/mol. The third kappa shape index (κ3) is 16.2. The van der Waals surface area contributed by atoms with Gasteiger partial charge in [-0.1, -0.05) is 59.3 Å². The average molecular weight is 1300 g/mol. The summed E-state index contributed by atoms with van der Waals surface area (Å²) in [5.41, 5.74) is 0.887. The third-order valence-corrected chi connectivity index (χ3v) is 23.1. The Morgan fingerprint density at radius 2 is 1.63 bits per heavy atom. The van der Waals surface area contributed by atoms with Crippen molar-refractivity contribution in [3.63, 3.8) is 0 Å². The molecule has 0 aromatic carbocycles. The van der Waals surface area contributed by atoms with Gasteiger partial charge in [0.1, 0.15) is 23.6 Å². The number of carboxylic acid groups (broad SMARTS) is 1. The number of thioether (sulfide) groups is 1. The molecule has 91 heavy (non-hydrogen) atoms. The van der Waals surface area contributed by atoms with Crippen LogP contribution in [0.15, 0.2) is 33.9 Å². The number of aliphatic hydroxyl groups excluding tert-OH is 3. The van der Waals surface area contributed by atoms with Gasteiger partial charge >= 0.3 is 11.9 Å². The van der Waals surface area contributed by atoms with Crippen molar-refractivity contribution in [2.24, 2.45) is 53.3 Å². The number of allylic oxidation sites excluding steroid dienone is 3. The van der Waals surface area contributed by atoms with E-state index in [1.165, 1.54) is 21.6 Å². The molecule has 7 heterocycles. The third-order valence-electron chi connectivity index (χ3n) is 21.6. The maximum absolute atomic E-state index is 14.9. The number of ether oxygens (including phenoxy) is 3. The number of nitrogens with zero attached hydrogens (tertiary/aromatic N) is 4. The van der Waals surface area contributed by atoms with E-state index in [2.05, 4.69) is 17.6 Å². The Kier molecular flexibility index (Phi) is 23.8. The van der Waals surface area contributed by atoms with Crippen LogP contribution in [0.5, 0.6) is 0 Å². The van der Waals surface area contributed by atoms with Crippen LogP contribution in [0.2, 0.25) is 0 Å². The van der Waals surface area contributed by atoms with Gasteiger partial charge in [-0.25, -0.2) is 9.59 Å². The smallest absolute Gasteiger partial charge is 0.353 e. The van der Waals surface area contributed by atoms with Crippen LogP contribution in [0, 0.1) is 53.3 Å². The molecule has 0 aromatic rings. The molecule has 8 rings (SSSR count). The fourth-order valence-electron chi connectivity index (χ4n) is 16.4. The molecule has 510 valence electrons. The topological polar surface area (TPSA) is 302 Å². The molecule has 1 aliphatic carbocycles. The fourth-order valence-corrected chi connectivity index (χ4v) is 18.0. The van der Waals surface area contributed by atoms with Crippen molar-refractivity contribution in [2.75, 3.05) is 46.9 Å².